The Kier molecular flexibility index (Phi) is 4.24. The Labute approximate surface area is 132 Å². The molecule has 0 saturated carbocycles. The molecular weight excluding hydrogens is 309 g/mol. The third kappa shape index (κ3) is 3.04. The molecule has 1 saturated heterocycles. The van der Waals surface area contributed by atoms with E-state index >= 15 is 0 Å². The lowest BCUT2D eigenvalue weighted by Crippen LogP contribution is -2.50. The zero-order valence-corrected chi connectivity index (χ0v) is 12.5. The highest BCUT2D eigenvalue weighted by atomic mass is 35.5. The molecule has 1 fully saturated rings. The van der Waals surface area contributed by atoms with Crippen LogP contribution in [-0.4, -0.2) is 41.4 Å². The summed E-state index contributed by atoms with van der Waals surface area (Å²) in [6.07, 6.45) is 1.55. The molecule has 0 atom stereocenters. The fourth-order valence-electron chi connectivity index (χ4n) is 2.26. The van der Waals surface area contributed by atoms with Crippen LogP contribution in [0.1, 0.15) is 0 Å². The van der Waals surface area contributed by atoms with Crippen LogP contribution in [-0.2, 0) is 4.74 Å². The van der Waals surface area contributed by atoms with Gasteiger partial charge in [-0.05, 0) is 18.2 Å². The van der Waals surface area contributed by atoms with Gasteiger partial charge in [0.25, 0.3) is 0 Å². The first-order chi connectivity index (χ1) is 10.6. The minimum absolute atomic E-state index is 0.0341. The average Bonchev–Trinajstić information content (AvgIpc) is 2.47. The zero-order chi connectivity index (χ0) is 15.6. The van der Waals surface area contributed by atoms with E-state index in [1.54, 1.807) is 24.4 Å². The Bertz CT molecular complexity index is 674. The standard InChI is InChI=1S/C15H15ClFN3O2/c16-13-4-12(19-6-15(7-21)8-22-9-15)10(5-18-13)11-2-1-3-14(17)20-11/h1-5,21H,6-9H2,(H,18,19). The molecule has 1 aliphatic rings. The van der Waals surface area contributed by atoms with Crippen LogP contribution in [0.25, 0.3) is 11.3 Å². The van der Waals surface area contributed by atoms with Crippen molar-refractivity contribution in [3.05, 3.63) is 41.6 Å². The fourth-order valence-corrected chi connectivity index (χ4v) is 2.42. The third-order valence-corrected chi connectivity index (χ3v) is 3.87. The van der Waals surface area contributed by atoms with Crippen molar-refractivity contribution in [2.45, 2.75) is 0 Å². The molecule has 2 N–H and O–H groups in total. The summed E-state index contributed by atoms with van der Waals surface area (Å²) in [6.45, 7) is 1.56. The number of nitrogens with zero attached hydrogens (tertiary/aromatic N) is 2. The van der Waals surface area contributed by atoms with Crippen LogP contribution in [0.2, 0.25) is 5.15 Å². The molecule has 2 aromatic heterocycles. The van der Waals surface area contributed by atoms with Gasteiger partial charge in [-0.2, -0.15) is 4.39 Å². The summed E-state index contributed by atoms with van der Waals surface area (Å²) in [7, 11) is 0. The molecule has 0 aromatic carbocycles. The van der Waals surface area contributed by atoms with Gasteiger partial charge in [-0.3, -0.25) is 0 Å². The Balaban J connectivity index is 1.88. The van der Waals surface area contributed by atoms with Crippen molar-refractivity contribution in [3.8, 4) is 11.3 Å². The molecule has 0 aliphatic carbocycles. The van der Waals surface area contributed by atoms with Crippen molar-refractivity contribution in [1.82, 2.24) is 9.97 Å². The quantitative estimate of drug-likeness (QED) is 0.827. The smallest absolute Gasteiger partial charge is 0.213 e. The van der Waals surface area contributed by atoms with Gasteiger partial charge in [0.1, 0.15) is 5.15 Å². The van der Waals surface area contributed by atoms with E-state index in [2.05, 4.69) is 15.3 Å². The van der Waals surface area contributed by atoms with Gasteiger partial charge in [-0.25, -0.2) is 9.97 Å². The van der Waals surface area contributed by atoms with Gasteiger partial charge >= 0.3 is 0 Å². The molecule has 5 nitrogen and oxygen atoms in total. The highest BCUT2D eigenvalue weighted by Crippen LogP contribution is 2.31. The lowest BCUT2D eigenvalue weighted by atomic mass is 9.87. The number of aliphatic hydroxyl groups is 1. The Hall–Kier alpha value is -1.76. The van der Waals surface area contributed by atoms with Gasteiger partial charge in [-0.1, -0.05) is 17.7 Å². The summed E-state index contributed by atoms with van der Waals surface area (Å²) >= 11 is 5.95. The molecule has 0 amide bonds. The summed E-state index contributed by atoms with van der Waals surface area (Å²) in [5, 5.41) is 13.0. The lowest BCUT2D eigenvalue weighted by Gasteiger charge is -2.40. The van der Waals surface area contributed by atoms with Crippen LogP contribution in [0.3, 0.4) is 0 Å². The van der Waals surface area contributed by atoms with Crippen molar-refractivity contribution < 1.29 is 14.2 Å². The van der Waals surface area contributed by atoms with Gasteiger partial charge in [0.2, 0.25) is 5.95 Å². The Morgan fingerprint density at radius 1 is 1.41 bits per heavy atom. The second kappa shape index (κ2) is 6.16. The molecular formula is C15H15ClFN3O2. The van der Waals surface area contributed by atoms with Crippen LogP contribution in [0.4, 0.5) is 10.1 Å². The number of nitrogens with one attached hydrogen (secondary N) is 1. The Morgan fingerprint density at radius 3 is 2.86 bits per heavy atom. The molecule has 0 spiro atoms. The zero-order valence-electron chi connectivity index (χ0n) is 11.7. The summed E-state index contributed by atoms with van der Waals surface area (Å²) in [5.74, 6) is -0.558. The van der Waals surface area contributed by atoms with Crippen molar-refractivity contribution in [3.63, 3.8) is 0 Å². The minimum atomic E-state index is -0.558. The van der Waals surface area contributed by atoms with Crippen LogP contribution in [0.15, 0.2) is 30.5 Å². The van der Waals surface area contributed by atoms with E-state index < -0.39 is 5.95 Å². The maximum absolute atomic E-state index is 13.3. The number of hydrogen-bond acceptors (Lipinski definition) is 5. The minimum Gasteiger partial charge on any atom is -0.396 e. The van der Waals surface area contributed by atoms with E-state index in [1.165, 1.54) is 6.07 Å². The molecule has 0 unspecified atom stereocenters. The molecule has 116 valence electrons. The van der Waals surface area contributed by atoms with Crippen molar-refractivity contribution in [1.29, 1.82) is 0 Å². The molecule has 3 rings (SSSR count). The predicted octanol–water partition coefficient (Wildman–Crippen LogP) is 2.36. The first kappa shape index (κ1) is 15.1. The maximum Gasteiger partial charge on any atom is 0.213 e. The summed E-state index contributed by atoms with van der Waals surface area (Å²) in [6, 6.07) is 6.24. The van der Waals surface area contributed by atoms with Crippen molar-refractivity contribution in [2.75, 3.05) is 31.7 Å². The van der Waals surface area contributed by atoms with E-state index in [0.29, 0.717) is 41.9 Å². The summed E-state index contributed by atoms with van der Waals surface area (Å²) in [5.41, 5.74) is 1.52. The molecule has 3 heterocycles. The number of aliphatic hydroxyl groups excluding tert-OH is 1. The topological polar surface area (TPSA) is 67.3 Å². The normalized spacial score (nSPS) is 16.1. The second-order valence-electron chi connectivity index (χ2n) is 5.40. The number of rotatable bonds is 5. The van der Waals surface area contributed by atoms with E-state index in [-0.39, 0.29) is 12.0 Å². The first-order valence-corrected chi connectivity index (χ1v) is 7.21. The molecule has 22 heavy (non-hydrogen) atoms. The number of halogens is 2. The van der Waals surface area contributed by atoms with Gasteiger partial charge in [0, 0.05) is 24.0 Å². The van der Waals surface area contributed by atoms with Gasteiger partial charge in [0.05, 0.1) is 30.9 Å². The van der Waals surface area contributed by atoms with Gasteiger partial charge in [-0.15, -0.1) is 0 Å². The molecule has 1 aliphatic heterocycles. The average molecular weight is 324 g/mol. The molecule has 7 heteroatoms. The fraction of sp³-hybridized carbons (Fsp3) is 0.333. The number of hydrogen-bond donors (Lipinski definition) is 2. The molecule has 0 radical (unpaired) electrons. The highest BCUT2D eigenvalue weighted by Gasteiger charge is 2.38. The largest absolute Gasteiger partial charge is 0.396 e. The number of aromatic nitrogens is 2. The number of pyridine rings is 2. The summed E-state index contributed by atoms with van der Waals surface area (Å²) in [4.78, 5) is 7.90. The van der Waals surface area contributed by atoms with Gasteiger partial charge in [0.15, 0.2) is 0 Å². The first-order valence-electron chi connectivity index (χ1n) is 6.83. The van der Waals surface area contributed by atoms with E-state index in [4.69, 9.17) is 16.3 Å². The van der Waals surface area contributed by atoms with E-state index in [1.807, 2.05) is 0 Å². The third-order valence-electron chi connectivity index (χ3n) is 3.67. The van der Waals surface area contributed by atoms with Crippen molar-refractivity contribution >= 4 is 17.3 Å². The lowest BCUT2D eigenvalue weighted by molar-refractivity contribution is -0.128. The maximum atomic E-state index is 13.3. The monoisotopic (exact) mass is 323 g/mol. The number of ether oxygens (including phenoxy) is 1. The van der Waals surface area contributed by atoms with Crippen LogP contribution in [0, 0.1) is 11.4 Å². The van der Waals surface area contributed by atoms with Crippen LogP contribution >= 0.6 is 11.6 Å². The highest BCUT2D eigenvalue weighted by molar-refractivity contribution is 6.29. The number of anilines is 1. The van der Waals surface area contributed by atoms with Crippen LogP contribution in [0.5, 0.6) is 0 Å². The second-order valence-corrected chi connectivity index (χ2v) is 5.79. The van der Waals surface area contributed by atoms with Crippen LogP contribution < -0.4 is 5.32 Å². The predicted molar refractivity (Wildman–Crippen MR) is 81.3 cm³/mol. The van der Waals surface area contributed by atoms with E-state index in [9.17, 15) is 9.50 Å². The van der Waals surface area contributed by atoms with E-state index in [0.717, 1.165) is 0 Å². The molecule has 0 bridgehead atoms. The van der Waals surface area contributed by atoms with Crippen molar-refractivity contribution in [2.24, 2.45) is 5.41 Å². The Morgan fingerprint density at radius 2 is 2.23 bits per heavy atom. The summed E-state index contributed by atoms with van der Waals surface area (Å²) < 4.78 is 18.5. The van der Waals surface area contributed by atoms with Gasteiger partial charge < -0.3 is 15.2 Å². The SMILES string of the molecule is OCC1(CNc2cc(Cl)ncc2-c2cccc(F)n2)COC1. The molecule has 2 aromatic rings.